The summed E-state index contributed by atoms with van der Waals surface area (Å²) in [4.78, 5) is 34.6. The number of carbonyl (C=O) groups is 1. The summed E-state index contributed by atoms with van der Waals surface area (Å²) >= 11 is 0. The molecule has 1 amide bonds. The topological polar surface area (TPSA) is 138 Å². The van der Waals surface area contributed by atoms with E-state index in [1.54, 1.807) is 12.2 Å². The number of carbonyl (C=O) groups excluding carboxylic acids is 1. The summed E-state index contributed by atoms with van der Waals surface area (Å²) in [6, 6.07) is 1.82. The fraction of sp³-hybridized carbons (Fsp3) is 0.429. The molecule has 0 aromatic heterocycles. The van der Waals surface area contributed by atoms with Crippen molar-refractivity contribution in [1.82, 2.24) is 4.90 Å². The number of amides is 1. The highest BCUT2D eigenvalue weighted by Gasteiger charge is 2.17. The number of nitrogens with zero attached hydrogens (tertiary/aromatic N) is 2. The van der Waals surface area contributed by atoms with Crippen LogP contribution in [0.3, 0.4) is 0 Å². The highest BCUT2D eigenvalue weighted by Crippen LogP contribution is 2.25. The summed E-state index contributed by atoms with van der Waals surface area (Å²) in [5.74, 6) is -0.756. The summed E-state index contributed by atoms with van der Waals surface area (Å²) < 4.78 is 9.49. The van der Waals surface area contributed by atoms with Gasteiger partial charge in [0.05, 0.1) is 13.2 Å². The number of hydrogen-bond acceptors (Lipinski definition) is 8. The van der Waals surface area contributed by atoms with Crippen molar-refractivity contribution < 1.29 is 28.9 Å². The van der Waals surface area contributed by atoms with Crippen LogP contribution in [-0.2, 0) is 19.1 Å². The maximum Gasteiger partial charge on any atom is 0.357 e. The van der Waals surface area contributed by atoms with Crippen LogP contribution in [0.1, 0.15) is 13.8 Å². The van der Waals surface area contributed by atoms with Gasteiger partial charge in [0.1, 0.15) is 18.2 Å². The largest absolute Gasteiger partial charge is 0.377 e. The maximum absolute atomic E-state index is 11.3. The Balaban J connectivity index is 2.51. The van der Waals surface area contributed by atoms with Gasteiger partial charge in [0.25, 0.3) is 5.91 Å². The van der Waals surface area contributed by atoms with E-state index in [4.69, 9.17) is 25.5 Å². The number of hydrogen-bond donors (Lipinski definition) is 3. The van der Waals surface area contributed by atoms with Gasteiger partial charge in [0.2, 0.25) is 0 Å². The lowest BCUT2D eigenvalue weighted by Crippen LogP contribution is -2.27. The van der Waals surface area contributed by atoms with E-state index in [0.29, 0.717) is 18.7 Å². The molecule has 0 aromatic rings. The Kier molecular flexibility index (Phi) is 8.57. The van der Waals surface area contributed by atoms with Gasteiger partial charge in [-0.2, -0.15) is 9.94 Å². The summed E-state index contributed by atoms with van der Waals surface area (Å²) in [5, 5.41) is 9.01. The normalized spacial score (nSPS) is 14.3. The summed E-state index contributed by atoms with van der Waals surface area (Å²) in [6.45, 7) is 4.97. The van der Waals surface area contributed by atoms with Crippen LogP contribution in [0.25, 0.3) is 0 Å². The molecule has 0 bridgehead atoms. The van der Waals surface area contributed by atoms with Crippen molar-refractivity contribution in [1.29, 1.82) is 5.26 Å². The van der Waals surface area contributed by atoms with Crippen LogP contribution in [0.5, 0.6) is 0 Å². The Morgan fingerprint density at radius 1 is 1.29 bits per heavy atom. The molecule has 0 fully saturated rings. The van der Waals surface area contributed by atoms with Crippen LogP contribution in [-0.4, -0.2) is 47.0 Å². The Morgan fingerprint density at radius 2 is 1.92 bits per heavy atom. The first-order valence-corrected chi connectivity index (χ1v) is 8.16. The molecule has 0 aliphatic carbocycles. The Hall–Kier alpha value is -1.79. The quantitative estimate of drug-likeness (QED) is 0.136. The van der Waals surface area contributed by atoms with Crippen LogP contribution >= 0.6 is 8.60 Å². The number of ether oxygens (including phenoxy) is 1. The van der Waals surface area contributed by atoms with Crippen LogP contribution < -0.4 is 5.73 Å². The molecule has 0 saturated heterocycles. The van der Waals surface area contributed by atoms with Crippen molar-refractivity contribution in [3.05, 3.63) is 34.7 Å². The zero-order valence-electron chi connectivity index (χ0n) is 13.4. The molecule has 4 N–H and O–H groups in total. The van der Waals surface area contributed by atoms with Gasteiger partial charge in [-0.05, 0) is 26.0 Å². The molecule has 24 heavy (non-hydrogen) atoms. The van der Waals surface area contributed by atoms with E-state index in [1.807, 2.05) is 24.8 Å². The zero-order chi connectivity index (χ0) is 18.1. The Labute approximate surface area is 141 Å². The Bertz CT molecular complexity index is 572. The van der Waals surface area contributed by atoms with Gasteiger partial charge in [0.15, 0.2) is 0 Å². The predicted octanol–water partition coefficient (Wildman–Crippen LogP) is 0.591. The number of rotatable bonds is 9. The summed E-state index contributed by atoms with van der Waals surface area (Å²) in [5.41, 5.74) is 7.32. The second-order valence-corrected chi connectivity index (χ2v) is 5.45. The second kappa shape index (κ2) is 10.2. The van der Waals surface area contributed by atoms with Crippen molar-refractivity contribution in [2.75, 3.05) is 26.4 Å². The highest BCUT2D eigenvalue weighted by atomic mass is 31.2. The second-order valence-electron chi connectivity index (χ2n) is 4.79. The van der Waals surface area contributed by atoms with Gasteiger partial charge in [-0.3, -0.25) is 4.79 Å². The van der Waals surface area contributed by atoms with Crippen molar-refractivity contribution in [2.45, 2.75) is 13.8 Å². The van der Waals surface area contributed by atoms with Crippen molar-refractivity contribution in [2.24, 2.45) is 5.73 Å². The SMILES string of the molecule is CC1=CC(=C(C#N)C(N)=O)C=C(C)N1CCOCCOOP(O)O. The van der Waals surface area contributed by atoms with Crippen molar-refractivity contribution in [3.63, 3.8) is 0 Å². The average Bonchev–Trinajstić information content (AvgIpc) is 2.48. The summed E-state index contributed by atoms with van der Waals surface area (Å²) in [6.07, 6.45) is 3.44. The zero-order valence-corrected chi connectivity index (χ0v) is 14.3. The smallest absolute Gasteiger partial charge is 0.357 e. The van der Waals surface area contributed by atoms with Crippen LogP contribution in [0.2, 0.25) is 0 Å². The number of nitrogens with two attached hydrogens (primary N) is 1. The van der Waals surface area contributed by atoms with Crippen LogP contribution in [0, 0.1) is 11.3 Å². The molecule has 0 aromatic carbocycles. The standard InChI is InChI=1S/C14H20N3O6P/c1-10-7-12(13(9-15)14(16)18)8-11(2)17(10)3-4-21-5-6-22-23-24(19)20/h7-8,19-20H,3-6H2,1-2H3,(H2,16,18). The van der Waals surface area contributed by atoms with Gasteiger partial charge in [-0.15, -0.1) is 0 Å². The molecule has 9 nitrogen and oxygen atoms in total. The maximum atomic E-state index is 11.3. The molecule has 1 rings (SSSR count). The van der Waals surface area contributed by atoms with Gasteiger partial charge in [-0.25, -0.2) is 4.89 Å². The molecule has 1 heterocycles. The fourth-order valence-corrected chi connectivity index (χ4v) is 2.29. The van der Waals surface area contributed by atoms with Gasteiger partial charge < -0.3 is 25.2 Å². The molecule has 0 radical (unpaired) electrons. The highest BCUT2D eigenvalue weighted by molar-refractivity contribution is 7.39. The van der Waals surface area contributed by atoms with Crippen LogP contribution in [0.15, 0.2) is 34.7 Å². The number of nitriles is 1. The third kappa shape index (κ3) is 6.37. The van der Waals surface area contributed by atoms with E-state index >= 15 is 0 Å². The van der Waals surface area contributed by atoms with E-state index in [1.165, 1.54) is 0 Å². The first-order valence-electron chi connectivity index (χ1n) is 7.00. The third-order valence-electron chi connectivity index (χ3n) is 3.12. The van der Waals surface area contributed by atoms with E-state index in [9.17, 15) is 4.79 Å². The minimum absolute atomic E-state index is 0.0701. The first-order chi connectivity index (χ1) is 11.4. The molecule has 0 spiro atoms. The fourth-order valence-electron chi connectivity index (χ4n) is 2.12. The van der Waals surface area contributed by atoms with Gasteiger partial charge >= 0.3 is 8.60 Å². The monoisotopic (exact) mass is 357 g/mol. The number of primary amides is 1. The molecule has 0 atom stereocenters. The first kappa shape index (κ1) is 20.3. The molecule has 1 aliphatic rings. The van der Waals surface area contributed by atoms with Crippen molar-refractivity contribution >= 4 is 14.5 Å². The van der Waals surface area contributed by atoms with E-state index < -0.39 is 14.5 Å². The lowest BCUT2D eigenvalue weighted by atomic mass is 10.0. The molecular formula is C14H20N3O6P. The molecular weight excluding hydrogens is 337 g/mol. The molecule has 10 heteroatoms. The van der Waals surface area contributed by atoms with E-state index in [0.717, 1.165) is 11.4 Å². The molecule has 0 unspecified atom stereocenters. The Morgan fingerprint density at radius 3 is 2.42 bits per heavy atom. The third-order valence-corrected chi connectivity index (χ3v) is 3.36. The van der Waals surface area contributed by atoms with Crippen LogP contribution in [0.4, 0.5) is 0 Å². The molecule has 0 saturated carbocycles. The van der Waals surface area contributed by atoms with E-state index in [2.05, 4.69) is 9.56 Å². The lowest BCUT2D eigenvalue weighted by Gasteiger charge is -2.29. The van der Waals surface area contributed by atoms with Crippen molar-refractivity contribution in [3.8, 4) is 6.07 Å². The number of allylic oxidation sites excluding steroid dienone is 5. The minimum atomic E-state index is -2.52. The summed E-state index contributed by atoms with van der Waals surface area (Å²) in [7, 11) is -2.52. The average molecular weight is 357 g/mol. The lowest BCUT2D eigenvalue weighted by molar-refractivity contribution is -0.221. The molecule has 1 aliphatic heterocycles. The minimum Gasteiger partial charge on any atom is -0.377 e. The van der Waals surface area contributed by atoms with E-state index in [-0.39, 0.29) is 18.8 Å². The predicted molar refractivity (Wildman–Crippen MR) is 85.3 cm³/mol. The van der Waals surface area contributed by atoms with Gasteiger partial charge in [-0.1, -0.05) is 0 Å². The van der Waals surface area contributed by atoms with Gasteiger partial charge in [0, 0.05) is 23.5 Å². The molecule has 132 valence electrons.